The van der Waals surface area contributed by atoms with Crippen LogP contribution in [0.2, 0.25) is 0 Å². The van der Waals surface area contributed by atoms with Gasteiger partial charge in [0.05, 0.1) is 11.2 Å². The van der Waals surface area contributed by atoms with E-state index in [4.69, 9.17) is 0 Å². The van der Waals surface area contributed by atoms with E-state index in [0.29, 0.717) is 35.5 Å². The number of carbonyl (C=O) groups is 2. The molecule has 1 amide bonds. The predicted molar refractivity (Wildman–Crippen MR) is 111 cm³/mol. The number of hydrogen-bond acceptors (Lipinski definition) is 3. The summed E-state index contributed by atoms with van der Waals surface area (Å²) in [6, 6.07) is 12.9. The van der Waals surface area contributed by atoms with Gasteiger partial charge in [-0.05, 0) is 67.8 Å². The number of amides is 1. The second-order valence-corrected chi connectivity index (χ2v) is 7.35. The van der Waals surface area contributed by atoms with Crippen LogP contribution in [-0.4, -0.2) is 34.1 Å². The topological polar surface area (TPSA) is 65.6 Å². The zero-order valence-corrected chi connectivity index (χ0v) is 16.6. The summed E-state index contributed by atoms with van der Waals surface area (Å²) in [6.45, 7) is 3.11. The van der Waals surface area contributed by atoms with Crippen molar-refractivity contribution < 1.29 is 14.0 Å². The highest BCUT2D eigenvalue weighted by molar-refractivity contribution is 6.11. The molecule has 0 spiro atoms. The minimum Gasteiger partial charge on any atom is -0.338 e. The molecule has 1 aliphatic rings. The second kappa shape index (κ2) is 7.96. The fourth-order valence-electron chi connectivity index (χ4n) is 3.93. The van der Waals surface area contributed by atoms with Crippen LogP contribution in [0, 0.1) is 24.1 Å². The maximum absolute atomic E-state index is 13.3. The molecular weight excluding hydrogens is 381 g/mol. The van der Waals surface area contributed by atoms with Crippen LogP contribution in [0.4, 0.5) is 4.39 Å². The normalized spacial score (nSPS) is 14.2. The van der Waals surface area contributed by atoms with Gasteiger partial charge in [0.15, 0.2) is 0 Å². The lowest BCUT2D eigenvalue weighted by Gasteiger charge is -2.14. The number of fused-ring (bicyclic) bond motifs is 1. The maximum atomic E-state index is 13.3. The molecule has 2 aromatic heterocycles. The van der Waals surface area contributed by atoms with Gasteiger partial charge in [0.25, 0.3) is 5.91 Å². The average Bonchev–Trinajstić information content (AvgIpc) is 3.38. The van der Waals surface area contributed by atoms with Gasteiger partial charge in [0.2, 0.25) is 5.78 Å². The fourth-order valence-corrected chi connectivity index (χ4v) is 3.93. The number of carbonyl (C=O) groups excluding carboxylic acids is 2. The summed E-state index contributed by atoms with van der Waals surface area (Å²) >= 11 is 0. The van der Waals surface area contributed by atoms with E-state index in [0.717, 1.165) is 18.4 Å². The molecule has 0 bridgehead atoms. The number of nitriles is 1. The van der Waals surface area contributed by atoms with Crippen molar-refractivity contribution in [2.24, 2.45) is 0 Å². The number of hydrogen-bond donors (Lipinski definition) is 0. The third kappa shape index (κ3) is 3.39. The molecule has 0 N–H and O–H groups in total. The first-order valence-electron chi connectivity index (χ1n) is 9.82. The second-order valence-electron chi connectivity index (χ2n) is 7.35. The molecule has 0 atom stereocenters. The quantitative estimate of drug-likeness (QED) is 0.375. The van der Waals surface area contributed by atoms with Gasteiger partial charge in [-0.3, -0.25) is 9.59 Å². The van der Waals surface area contributed by atoms with Gasteiger partial charge in [-0.2, -0.15) is 5.26 Å². The standard InChI is InChI=1S/C24H20FN3O2/c1-16-20(14-18(15-26)24(30)27-11-4-5-12-27)21-6-2-3-13-28(21)22(16)23(29)17-7-9-19(25)10-8-17/h2-3,6-10,13-14H,4-5,11-12H2,1H3/b18-14+. The molecule has 30 heavy (non-hydrogen) atoms. The number of halogens is 1. The van der Waals surface area contributed by atoms with E-state index in [1.54, 1.807) is 28.5 Å². The number of rotatable bonds is 4. The third-order valence-corrected chi connectivity index (χ3v) is 5.49. The van der Waals surface area contributed by atoms with Crippen molar-refractivity contribution in [3.63, 3.8) is 0 Å². The maximum Gasteiger partial charge on any atom is 0.264 e. The number of likely N-dealkylation sites (tertiary alicyclic amines) is 1. The predicted octanol–water partition coefficient (Wildman–Crippen LogP) is 4.15. The van der Waals surface area contributed by atoms with Crippen molar-refractivity contribution in [1.82, 2.24) is 9.30 Å². The first-order valence-corrected chi connectivity index (χ1v) is 9.82. The van der Waals surface area contributed by atoms with Crippen molar-refractivity contribution in [3.05, 3.63) is 82.4 Å². The lowest BCUT2D eigenvalue weighted by Crippen LogP contribution is -2.28. The Morgan fingerprint density at radius 1 is 1.10 bits per heavy atom. The Balaban J connectivity index is 1.84. The molecule has 3 aromatic rings. The van der Waals surface area contributed by atoms with E-state index < -0.39 is 5.82 Å². The van der Waals surface area contributed by atoms with Crippen molar-refractivity contribution >= 4 is 23.3 Å². The van der Waals surface area contributed by atoms with Crippen LogP contribution in [0.1, 0.15) is 40.0 Å². The molecule has 4 rings (SSSR count). The minimum absolute atomic E-state index is 0.0529. The van der Waals surface area contributed by atoms with Crippen LogP contribution in [0.5, 0.6) is 0 Å². The zero-order valence-electron chi connectivity index (χ0n) is 16.6. The molecule has 0 unspecified atom stereocenters. The Kier molecular flexibility index (Phi) is 5.20. The SMILES string of the molecule is Cc1c(/C=C(\C#N)C(=O)N2CCCC2)c2ccccn2c1C(=O)c1ccc(F)cc1. The molecule has 6 heteroatoms. The van der Waals surface area contributed by atoms with Crippen LogP contribution in [0.25, 0.3) is 11.6 Å². The van der Waals surface area contributed by atoms with Gasteiger partial charge in [-0.15, -0.1) is 0 Å². The van der Waals surface area contributed by atoms with Gasteiger partial charge in [0, 0.05) is 30.4 Å². The molecule has 0 saturated carbocycles. The van der Waals surface area contributed by atoms with Gasteiger partial charge in [-0.1, -0.05) is 6.07 Å². The van der Waals surface area contributed by atoms with Crippen molar-refractivity contribution in [3.8, 4) is 6.07 Å². The van der Waals surface area contributed by atoms with E-state index in [1.165, 1.54) is 24.3 Å². The Hall–Kier alpha value is -3.72. The summed E-state index contributed by atoms with van der Waals surface area (Å²) in [4.78, 5) is 27.6. The van der Waals surface area contributed by atoms with E-state index in [9.17, 15) is 19.2 Å². The number of nitrogens with zero attached hydrogens (tertiary/aromatic N) is 3. The van der Waals surface area contributed by atoms with Gasteiger partial charge < -0.3 is 9.30 Å². The molecule has 1 fully saturated rings. The number of ketones is 1. The van der Waals surface area contributed by atoms with Gasteiger partial charge >= 0.3 is 0 Å². The Morgan fingerprint density at radius 2 is 1.80 bits per heavy atom. The summed E-state index contributed by atoms with van der Waals surface area (Å²) in [6.07, 6.45) is 5.22. The first-order chi connectivity index (χ1) is 14.5. The largest absolute Gasteiger partial charge is 0.338 e. The number of pyridine rings is 1. The van der Waals surface area contributed by atoms with E-state index in [2.05, 4.69) is 0 Å². The van der Waals surface area contributed by atoms with E-state index >= 15 is 0 Å². The fraction of sp³-hybridized carbons (Fsp3) is 0.208. The van der Waals surface area contributed by atoms with E-state index in [1.807, 2.05) is 24.3 Å². The first kappa shape index (κ1) is 19.6. The van der Waals surface area contributed by atoms with Gasteiger partial charge in [-0.25, -0.2) is 4.39 Å². The Bertz CT molecular complexity index is 1210. The molecule has 0 aliphatic carbocycles. The number of aromatic nitrogens is 1. The van der Waals surface area contributed by atoms with Crippen molar-refractivity contribution in [2.45, 2.75) is 19.8 Å². The van der Waals surface area contributed by atoms with Crippen LogP contribution >= 0.6 is 0 Å². The molecule has 3 heterocycles. The third-order valence-electron chi connectivity index (χ3n) is 5.49. The molecule has 1 aliphatic heterocycles. The van der Waals surface area contributed by atoms with Crippen LogP contribution in [0.15, 0.2) is 54.2 Å². The molecule has 1 aromatic carbocycles. The van der Waals surface area contributed by atoms with Crippen molar-refractivity contribution in [1.29, 1.82) is 5.26 Å². The Labute approximate surface area is 173 Å². The lowest BCUT2D eigenvalue weighted by molar-refractivity contribution is -0.125. The monoisotopic (exact) mass is 401 g/mol. The summed E-state index contributed by atoms with van der Waals surface area (Å²) in [5.41, 5.74) is 2.89. The molecule has 150 valence electrons. The van der Waals surface area contributed by atoms with Crippen LogP contribution in [-0.2, 0) is 4.79 Å². The van der Waals surface area contributed by atoms with E-state index in [-0.39, 0.29) is 17.3 Å². The van der Waals surface area contributed by atoms with Crippen LogP contribution in [0.3, 0.4) is 0 Å². The van der Waals surface area contributed by atoms with Crippen LogP contribution < -0.4 is 0 Å². The lowest BCUT2D eigenvalue weighted by atomic mass is 10.0. The highest BCUT2D eigenvalue weighted by atomic mass is 19.1. The molecular formula is C24H20FN3O2. The van der Waals surface area contributed by atoms with Crippen molar-refractivity contribution in [2.75, 3.05) is 13.1 Å². The summed E-state index contributed by atoms with van der Waals surface area (Å²) in [5.74, 6) is -0.945. The minimum atomic E-state index is -0.411. The summed E-state index contributed by atoms with van der Waals surface area (Å²) in [7, 11) is 0. The molecule has 0 radical (unpaired) electrons. The molecule has 1 saturated heterocycles. The van der Waals surface area contributed by atoms with Gasteiger partial charge in [0.1, 0.15) is 17.5 Å². The number of benzene rings is 1. The summed E-state index contributed by atoms with van der Waals surface area (Å²) < 4.78 is 15.0. The smallest absolute Gasteiger partial charge is 0.264 e. The average molecular weight is 401 g/mol. The highest BCUT2D eigenvalue weighted by Gasteiger charge is 2.24. The highest BCUT2D eigenvalue weighted by Crippen LogP contribution is 2.28. The molecule has 5 nitrogen and oxygen atoms in total. The summed E-state index contributed by atoms with van der Waals surface area (Å²) in [5, 5.41) is 9.63. The Morgan fingerprint density at radius 3 is 2.47 bits per heavy atom. The zero-order chi connectivity index (χ0) is 21.3.